The van der Waals surface area contributed by atoms with E-state index in [4.69, 9.17) is 4.74 Å². The molecule has 0 fully saturated rings. The van der Waals surface area contributed by atoms with Crippen molar-refractivity contribution in [2.75, 3.05) is 7.11 Å². The van der Waals surface area contributed by atoms with E-state index in [9.17, 15) is 4.79 Å². The van der Waals surface area contributed by atoms with Gasteiger partial charge in [0.05, 0.1) is 7.11 Å². The summed E-state index contributed by atoms with van der Waals surface area (Å²) in [5.41, 5.74) is 0.982. The molecule has 1 rings (SSSR count). The summed E-state index contributed by atoms with van der Waals surface area (Å²) in [5, 5.41) is 2.96. The van der Waals surface area contributed by atoms with Crippen molar-refractivity contribution in [1.82, 2.24) is 5.32 Å². The van der Waals surface area contributed by atoms with Gasteiger partial charge in [-0.2, -0.15) is 0 Å². The average molecular weight is 247 g/mol. The molecule has 18 heavy (non-hydrogen) atoms. The van der Waals surface area contributed by atoms with Gasteiger partial charge in [0.15, 0.2) is 0 Å². The second-order valence-corrected chi connectivity index (χ2v) is 4.13. The minimum atomic E-state index is -0.0421. The largest absolute Gasteiger partial charge is 0.497 e. The molecule has 0 radical (unpaired) electrons. The van der Waals surface area contributed by atoms with Crippen molar-refractivity contribution in [2.45, 2.75) is 32.7 Å². The molecule has 0 saturated heterocycles. The Morgan fingerprint density at radius 1 is 1.28 bits per heavy atom. The second kappa shape index (κ2) is 7.54. The molecule has 3 heteroatoms. The number of amides is 1. The van der Waals surface area contributed by atoms with E-state index in [1.54, 1.807) is 19.3 Å². The van der Waals surface area contributed by atoms with Crippen LogP contribution < -0.4 is 10.1 Å². The number of hydrogen-bond acceptors (Lipinski definition) is 2. The van der Waals surface area contributed by atoms with Crippen molar-refractivity contribution in [3.05, 3.63) is 35.9 Å². The van der Waals surface area contributed by atoms with Crippen LogP contribution in [0.3, 0.4) is 0 Å². The van der Waals surface area contributed by atoms with Gasteiger partial charge in [-0.25, -0.2) is 0 Å². The molecule has 3 nitrogen and oxygen atoms in total. The van der Waals surface area contributed by atoms with Gasteiger partial charge >= 0.3 is 0 Å². The molecule has 0 atom stereocenters. The number of ether oxygens (including phenoxy) is 1. The lowest BCUT2D eigenvalue weighted by Gasteiger charge is -2.12. The van der Waals surface area contributed by atoms with Crippen LogP contribution in [0.25, 0.3) is 6.08 Å². The zero-order valence-corrected chi connectivity index (χ0v) is 11.3. The molecule has 0 heterocycles. The fraction of sp³-hybridized carbons (Fsp3) is 0.400. The summed E-state index contributed by atoms with van der Waals surface area (Å²) in [7, 11) is 1.63. The third-order valence-corrected chi connectivity index (χ3v) is 2.87. The van der Waals surface area contributed by atoms with Crippen molar-refractivity contribution in [3.8, 4) is 5.75 Å². The Balaban J connectivity index is 2.54. The van der Waals surface area contributed by atoms with E-state index < -0.39 is 0 Å². The lowest BCUT2D eigenvalue weighted by Crippen LogP contribution is -2.32. The van der Waals surface area contributed by atoms with E-state index in [1.165, 1.54) is 0 Å². The van der Waals surface area contributed by atoms with Crippen molar-refractivity contribution >= 4 is 12.0 Å². The Hall–Kier alpha value is -1.77. The van der Waals surface area contributed by atoms with Gasteiger partial charge in [0.1, 0.15) is 5.75 Å². The van der Waals surface area contributed by atoms with Crippen LogP contribution in [0.4, 0.5) is 0 Å². The summed E-state index contributed by atoms with van der Waals surface area (Å²) in [4.78, 5) is 11.6. The highest BCUT2D eigenvalue weighted by Crippen LogP contribution is 2.12. The lowest BCUT2D eigenvalue weighted by molar-refractivity contribution is -0.117. The van der Waals surface area contributed by atoms with Crippen molar-refractivity contribution in [3.63, 3.8) is 0 Å². The minimum Gasteiger partial charge on any atom is -0.497 e. The van der Waals surface area contributed by atoms with Crippen molar-refractivity contribution in [1.29, 1.82) is 0 Å². The quantitative estimate of drug-likeness (QED) is 0.785. The smallest absolute Gasteiger partial charge is 0.244 e. The molecule has 1 aromatic carbocycles. The lowest BCUT2D eigenvalue weighted by atomic mass is 10.1. The zero-order valence-electron chi connectivity index (χ0n) is 11.3. The monoisotopic (exact) mass is 247 g/mol. The molecular weight excluding hydrogens is 226 g/mol. The van der Waals surface area contributed by atoms with Crippen LogP contribution in [-0.4, -0.2) is 19.1 Å². The topological polar surface area (TPSA) is 38.3 Å². The van der Waals surface area contributed by atoms with E-state index in [-0.39, 0.29) is 11.9 Å². The first-order valence-electron chi connectivity index (χ1n) is 6.32. The Kier molecular flexibility index (Phi) is 5.98. The standard InChI is InChI=1S/C15H21NO2/c1-4-13(5-2)16-15(17)11-8-12-6-9-14(18-3)10-7-12/h6-11,13H,4-5H2,1-3H3,(H,16,17)/b11-8+. The molecule has 0 unspecified atom stereocenters. The van der Waals surface area contributed by atoms with Crippen molar-refractivity contribution in [2.24, 2.45) is 0 Å². The summed E-state index contributed by atoms with van der Waals surface area (Å²) in [6.45, 7) is 4.14. The number of hydrogen-bond donors (Lipinski definition) is 1. The number of carbonyl (C=O) groups excluding carboxylic acids is 1. The molecule has 0 aromatic heterocycles. The summed E-state index contributed by atoms with van der Waals surface area (Å²) in [5.74, 6) is 0.771. The van der Waals surface area contributed by atoms with Gasteiger partial charge in [-0.3, -0.25) is 4.79 Å². The first-order chi connectivity index (χ1) is 8.69. The Labute approximate surface area is 109 Å². The maximum absolute atomic E-state index is 11.6. The number of rotatable bonds is 6. The highest BCUT2D eigenvalue weighted by atomic mass is 16.5. The van der Waals surface area contributed by atoms with Gasteiger partial charge < -0.3 is 10.1 Å². The normalized spacial score (nSPS) is 10.9. The summed E-state index contributed by atoms with van der Waals surface area (Å²) >= 11 is 0. The van der Waals surface area contributed by atoms with Gasteiger partial charge in [-0.05, 0) is 36.6 Å². The van der Waals surface area contributed by atoms with Gasteiger partial charge in [-0.15, -0.1) is 0 Å². The molecule has 0 aliphatic carbocycles. The molecular formula is C15H21NO2. The first-order valence-corrected chi connectivity index (χ1v) is 6.32. The van der Waals surface area contributed by atoms with Gasteiger partial charge in [0, 0.05) is 12.1 Å². The van der Waals surface area contributed by atoms with Crippen LogP contribution in [0.1, 0.15) is 32.3 Å². The van der Waals surface area contributed by atoms with Crippen LogP contribution in [0.5, 0.6) is 5.75 Å². The highest BCUT2D eigenvalue weighted by Gasteiger charge is 2.04. The van der Waals surface area contributed by atoms with Crippen LogP contribution >= 0.6 is 0 Å². The molecule has 1 aromatic rings. The van der Waals surface area contributed by atoms with Gasteiger partial charge in [0.25, 0.3) is 0 Å². The van der Waals surface area contributed by atoms with Crippen LogP contribution in [0.15, 0.2) is 30.3 Å². The molecule has 98 valence electrons. The van der Waals surface area contributed by atoms with E-state index in [1.807, 2.05) is 24.3 Å². The van der Waals surface area contributed by atoms with Crippen LogP contribution in [-0.2, 0) is 4.79 Å². The Morgan fingerprint density at radius 3 is 2.39 bits per heavy atom. The molecule has 0 bridgehead atoms. The van der Waals surface area contributed by atoms with Gasteiger partial charge in [0.2, 0.25) is 5.91 Å². The predicted molar refractivity (Wildman–Crippen MR) is 74.5 cm³/mol. The maximum Gasteiger partial charge on any atom is 0.244 e. The van der Waals surface area contributed by atoms with E-state index in [2.05, 4.69) is 19.2 Å². The fourth-order valence-electron chi connectivity index (χ4n) is 1.63. The molecule has 0 spiro atoms. The Morgan fingerprint density at radius 2 is 1.89 bits per heavy atom. The molecule has 0 aliphatic heterocycles. The number of nitrogens with one attached hydrogen (secondary N) is 1. The van der Waals surface area contributed by atoms with Crippen LogP contribution in [0, 0.1) is 0 Å². The van der Waals surface area contributed by atoms with E-state index >= 15 is 0 Å². The van der Waals surface area contributed by atoms with E-state index in [0.717, 1.165) is 24.2 Å². The summed E-state index contributed by atoms with van der Waals surface area (Å²) < 4.78 is 5.07. The second-order valence-electron chi connectivity index (χ2n) is 4.13. The number of carbonyl (C=O) groups is 1. The fourth-order valence-corrected chi connectivity index (χ4v) is 1.63. The minimum absolute atomic E-state index is 0.0421. The third kappa shape index (κ3) is 4.62. The zero-order chi connectivity index (χ0) is 13.4. The highest BCUT2D eigenvalue weighted by molar-refractivity contribution is 5.91. The maximum atomic E-state index is 11.6. The molecule has 0 aliphatic rings. The van der Waals surface area contributed by atoms with E-state index in [0.29, 0.717) is 0 Å². The third-order valence-electron chi connectivity index (χ3n) is 2.87. The summed E-state index contributed by atoms with van der Waals surface area (Å²) in [6.07, 6.45) is 5.29. The number of methoxy groups -OCH3 is 1. The molecule has 1 amide bonds. The first kappa shape index (κ1) is 14.3. The van der Waals surface area contributed by atoms with Crippen molar-refractivity contribution < 1.29 is 9.53 Å². The van der Waals surface area contributed by atoms with Gasteiger partial charge in [-0.1, -0.05) is 26.0 Å². The average Bonchev–Trinajstić information content (AvgIpc) is 2.43. The predicted octanol–water partition coefficient (Wildman–Crippen LogP) is 3.01. The summed E-state index contributed by atoms with van der Waals surface area (Å²) in [6, 6.07) is 7.84. The number of benzene rings is 1. The molecule has 1 N–H and O–H groups in total. The Bertz CT molecular complexity index is 391. The molecule has 0 saturated carbocycles. The SMILES string of the molecule is CCC(CC)NC(=O)/C=C/c1ccc(OC)cc1. The van der Waals surface area contributed by atoms with Crippen LogP contribution in [0.2, 0.25) is 0 Å².